The number of carbonyl (C=O) groups is 1. The van der Waals surface area contributed by atoms with E-state index >= 15 is 0 Å². The monoisotopic (exact) mass is 348 g/mol. The summed E-state index contributed by atoms with van der Waals surface area (Å²) in [6.45, 7) is 0. The predicted octanol–water partition coefficient (Wildman–Crippen LogP) is 3.36. The predicted molar refractivity (Wildman–Crippen MR) is 80.4 cm³/mol. The second-order valence-corrected chi connectivity index (χ2v) is 5.18. The number of nitrogens with zero attached hydrogens (tertiary/aromatic N) is 1. The minimum Gasteiger partial charge on any atom is -0.320 e. The van der Waals surface area contributed by atoms with Crippen molar-refractivity contribution in [2.45, 2.75) is 0 Å². The van der Waals surface area contributed by atoms with Gasteiger partial charge >= 0.3 is 0 Å². The number of anilines is 1. The molecule has 4 heteroatoms. The number of hydrogen-bond donors (Lipinski definition) is 1. The van der Waals surface area contributed by atoms with Crippen LogP contribution in [0.3, 0.4) is 0 Å². The molecule has 2 aromatic rings. The molecule has 0 aliphatic carbocycles. The van der Waals surface area contributed by atoms with Crippen molar-refractivity contribution in [3.63, 3.8) is 0 Å². The van der Waals surface area contributed by atoms with E-state index in [1.54, 1.807) is 0 Å². The van der Waals surface area contributed by atoms with Gasteiger partial charge in [-0.1, -0.05) is 18.2 Å². The highest BCUT2D eigenvalue weighted by molar-refractivity contribution is 14.1. The van der Waals surface area contributed by atoms with Gasteiger partial charge in [0.2, 0.25) is 0 Å². The van der Waals surface area contributed by atoms with Gasteiger partial charge in [-0.3, -0.25) is 4.79 Å². The zero-order chi connectivity index (χ0) is 12.5. The lowest BCUT2D eigenvalue weighted by atomic mass is 10.1. The number of carbonyl (C=O) groups excluding carboxylic acids is 1. The minimum atomic E-state index is -0.144. The zero-order valence-corrected chi connectivity index (χ0v) is 11.5. The van der Waals surface area contributed by atoms with Crippen molar-refractivity contribution in [3.05, 3.63) is 57.7 Å². The molecule has 0 fully saturated rings. The average Bonchev–Trinajstić information content (AvgIpc) is 2.69. The van der Waals surface area contributed by atoms with Gasteiger partial charge < -0.3 is 5.32 Å². The van der Waals surface area contributed by atoms with E-state index in [4.69, 9.17) is 0 Å². The maximum atomic E-state index is 11.9. The number of halogens is 1. The van der Waals surface area contributed by atoms with Crippen molar-refractivity contribution < 1.29 is 4.79 Å². The van der Waals surface area contributed by atoms with Gasteiger partial charge in [0.25, 0.3) is 5.91 Å². The second kappa shape index (κ2) is 4.53. The van der Waals surface area contributed by atoms with Gasteiger partial charge in [0, 0.05) is 9.13 Å². The molecule has 0 unspecified atom stereocenters. The molecule has 0 saturated heterocycles. The lowest BCUT2D eigenvalue weighted by Crippen LogP contribution is -2.13. The van der Waals surface area contributed by atoms with Gasteiger partial charge in [-0.2, -0.15) is 0 Å². The fraction of sp³-hybridized carbons (Fsp3) is 0. The Labute approximate surface area is 118 Å². The lowest BCUT2D eigenvalue weighted by molar-refractivity contribution is -0.110. The fourth-order valence-electron chi connectivity index (χ4n) is 1.86. The first-order valence-electron chi connectivity index (χ1n) is 5.49. The highest BCUT2D eigenvalue weighted by Crippen LogP contribution is 2.25. The van der Waals surface area contributed by atoms with Crippen molar-refractivity contribution in [1.29, 1.82) is 0 Å². The van der Waals surface area contributed by atoms with Gasteiger partial charge in [-0.05, 0) is 52.9 Å². The molecule has 1 amide bonds. The van der Waals surface area contributed by atoms with Gasteiger partial charge in [0.05, 0.1) is 11.4 Å². The van der Waals surface area contributed by atoms with Crippen LogP contribution in [0.1, 0.15) is 5.56 Å². The number of amides is 1. The van der Waals surface area contributed by atoms with E-state index in [9.17, 15) is 4.79 Å². The summed E-state index contributed by atoms with van der Waals surface area (Å²) in [6.07, 6.45) is 0. The van der Waals surface area contributed by atoms with Crippen molar-refractivity contribution in [2.24, 2.45) is 4.99 Å². The maximum absolute atomic E-state index is 11.9. The number of hydrogen-bond acceptors (Lipinski definition) is 2. The Hall–Kier alpha value is -1.69. The van der Waals surface area contributed by atoms with E-state index in [2.05, 4.69) is 32.9 Å². The summed E-state index contributed by atoms with van der Waals surface area (Å²) in [4.78, 5) is 16.3. The summed E-state index contributed by atoms with van der Waals surface area (Å²) >= 11 is 2.24. The third-order valence-electron chi connectivity index (χ3n) is 2.71. The fourth-order valence-corrected chi connectivity index (χ4v) is 2.22. The number of nitrogens with one attached hydrogen (secondary N) is 1. The normalized spacial score (nSPS) is 15.6. The molecule has 0 bridgehead atoms. The summed E-state index contributed by atoms with van der Waals surface area (Å²) < 4.78 is 1.15. The largest absolute Gasteiger partial charge is 0.320 e. The van der Waals surface area contributed by atoms with Crippen LogP contribution in [-0.2, 0) is 4.79 Å². The summed E-state index contributed by atoms with van der Waals surface area (Å²) in [5.41, 5.74) is 2.96. The molecule has 0 aromatic heterocycles. The molecule has 88 valence electrons. The highest BCUT2D eigenvalue weighted by atomic mass is 127. The van der Waals surface area contributed by atoms with Crippen LogP contribution < -0.4 is 5.32 Å². The molecule has 0 spiro atoms. The third-order valence-corrected chi connectivity index (χ3v) is 3.43. The van der Waals surface area contributed by atoms with Gasteiger partial charge in [0.1, 0.15) is 5.71 Å². The van der Waals surface area contributed by atoms with E-state index < -0.39 is 0 Å². The number of rotatable bonds is 1. The molecular formula is C14H9IN2O. The van der Waals surface area contributed by atoms with Crippen LogP contribution >= 0.6 is 22.6 Å². The smallest absolute Gasteiger partial charge is 0.275 e. The first-order chi connectivity index (χ1) is 8.74. The average molecular weight is 348 g/mol. The van der Waals surface area contributed by atoms with Crippen molar-refractivity contribution >= 4 is 45.6 Å². The van der Waals surface area contributed by atoms with Crippen LogP contribution in [0.2, 0.25) is 0 Å². The lowest BCUT2D eigenvalue weighted by Gasteiger charge is -1.98. The van der Waals surface area contributed by atoms with Crippen LogP contribution in [0.25, 0.3) is 0 Å². The number of para-hydroxylation sites is 1. The zero-order valence-electron chi connectivity index (χ0n) is 9.35. The quantitative estimate of drug-likeness (QED) is 0.789. The summed E-state index contributed by atoms with van der Waals surface area (Å²) in [5.74, 6) is -0.144. The second-order valence-electron chi connectivity index (χ2n) is 3.94. The Balaban J connectivity index is 2.07. The Morgan fingerprint density at radius 1 is 1.00 bits per heavy atom. The molecular weight excluding hydrogens is 339 g/mol. The minimum absolute atomic E-state index is 0.144. The van der Waals surface area contributed by atoms with Crippen molar-refractivity contribution in [2.75, 3.05) is 5.32 Å². The third kappa shape index (κ3) is 2.03. The standard InChI is InChI=1S/C14H9IN2O/c15-9-5-7-10(8-6-9)16-13-11-3-1-2-4-12(11)17-14(13)18/h1-8H,(H,16,17,18). The van der Waals surface area contributed by atoms with Gasteiger partial charge in [-0.25, -0.2) is 4.99 Å². The molecule has 2 aromatic carbocycles. The maximum Gasteiger partial charge on any atom is 0.275 e. The molecule has 18 heavy (non-hydrogen) atoms. The first-order valence-corrected chi connectivity index (χ1v) is 6.57. The topological polar surface area (TPSA) is 41.5 Å². The molecule has 0 atom stereocenters. The van der Waals surface area contributed by atoms with Crippen LogP contribution in [0.5, 0.6) is 0 Å². The molecule has 1 aliphatic rings. The molecule has 1 N–H and O–H groups in total. The van der Waals surface area contributed by atoms with Crippen LogP contribution in [0.4, 0.5) is 11.4 Å². The summed E-state index contributed by atoms with van der Waals surface area (Å²) in [5, 5.41) is 2.81. The van der Waals surface area contributed by atoms with Crippen molar-refractivity contribution in [1.82, 2.24) is 0 Å². The van der Waals surface area contributed by atoms with Gasteiger partial charge in [-0.15, -0.1) is 0 Å². The van der Waals surface area contributed by atoms with Crippen LogP contribution in [0.15, 0.2) is 53.5 Å². The molecule has 1 heterocycles. The summed E-state index contributed by atoms with van der Waals surface area (Å²) in [6, 6.07) is 15.3. The highest BCUT2D eigenvalue weighted by Gasteiger charge is 2.25. The number of fused-ring (bicyclic) bond motifs is 1. The SMILES string of the molecule is O=C1Nc2ccccc2C1=Nc1ccc(I)cc1. The van der Waals surface area contributed by atoms with E-state index in [0.717, 1.165) is 20.5 Å². The van der Waals surface area contributed by atoms with E-state index in [-0.39, 0.29) is 5.91 Å². The van der Waals surface area contributed by atoms with Crippen LogP contribution in [-0.4, -0.2) is 11.6 Å². The van der Waals surface area contributed by atoms with Crippen molar-refractivity contribution in [3.8, 4) is 0 Å². The Morgan fingerprint density at radius 3 is 2.50 bits per heavy atom. The van der Waals surface area contributed by atoms with Crippen LogP contribution in [0, 0.1) is 3.57 Å². The number of benzene rings is 2. The summed E-state index contributed by atoms with van der Waals surface area (Å²) in [7, 11) is 0. The Kier molecular flexibility index (Phi) is 2.87. The van der Waals surface area contributed by atoms with Gasteiger partial charge in [0.15, 0.2) is 0 Å². The molecule has 3 rings (SSSR count). The Bertz CT molecular complexity index is 647. The Morgan fingerprint density at radius 2 is 1.72 bits per heavy atom. The molecule has 3 nitrogen and oxygen atoms in total. The van der Waals surface area contributed by atoms with E-state index in [1.165, 1.54) is 0 Å². The van der Waals surface area contributed by atoms with E-state index in [0.29, 0.717) is 5.71 Å². The first kappa shape index (κ1) is 11.4. The van der Waals surface area contributed by atoms with E-state index in [1.807, 2.05) is 48.5 Å². The molecule has 0 radical (unpaired) electrons. The molecule has 1 aliphatic heterocycles. The molecule has 0 saturated carbocycles. The number of aliphatic imine (C=N–C) groups is 1.